The van der Waals surface area contributed by atoms with Crippen LogP contribution in [0.25, 0.3) is 11.3 Å². The Balaban J connectivity index is 2.50. The number of rotatable bonds is 5. The van der Waals surface area contributed by atoms with Gasteiger partial charge in [0.05, 0.1) is 7.11 Å². The lowest BCUT2D eigenvalue weighted by atomic mass is 10.2. The zero-order chi connectivity index (χ0) is 15.5. The van der Waals surface area contributed by atoms with Crippen molar-refractivity contribution in [2.45, 2.75) is 18.7 Å². The van der Waals surface area contributed by atoms with Crippen LogP contribution in [0, 0.1) is 0 Å². The quantitative estimate of drug-likeness (QED) is 0.669. The van der Waals surface area contributed by atoms with E-state index >= 15 is 0 Å². The standard InChI is InChI=1S/C12H14N4O3S2/c1-8(2)13-16-21(17,18)12-6-9(4-5-11(12)19-3)10-7-20-15-14-10/h4-7,16H,1-3H3. The Morgan fingerprint density at radius 3 is 2.71 bits per heavy atom. The van der Waals surface area contributed by atoms with E-state index in [2.05, 4.69) is 19.5 Å². The van der Waals surface area contributed by atoms with Gasteiger partial charge in [-0.3, -0.25) is 0 Å². The molecule has 0 bridgehead atoms. The van der Waals surface area contributed by atoms with E-state index < -0.39 is 10.0 Å². The van der Waals surface area contributed by atoms with Crippen LogP contribution < -0.4 is 9.57 Å². The maximum atomic E-state index is 12.3. The van der Waals surface area contributed by atoms with Crippen LogP contribution >= 0.6 is 11.5 Å². The van der Waals surface area contributed by atoms with E-state index in [4.69, 9.17) is 4.74 Å². The average molecular weight is 326 g/mol. The van der Waals surface area contributed by atoms with Gasteiger partial charge in [0, 0.05) is 16.7 Å². The summed E-state index contributed by atoms with van der Waals surface area (Å²) in [4.78, 5) is 2.17. The third-order valence-electron chi connectivity index (χ3n) is 2.50. The molecule has 2 rings (SSSR count). The van der Waals surface area contributed by atoms with Crippen LogP contribution in [0.4, 0.5) is 0 Å². The van der Waals surface area contributed by atoms with Gasteiger partial charge in [-0.25, -0.2) is 4.83 Å². The summed E-state index contributed by atoms with van der Waals surface area (Å²) in [6.07, 6.45) is 0. The number of nitrogens with one attached hydrogen (secondary N) is 1. The molecular formula is C12H14N4O3S2. The fraction of sp³-hybridized carbons (Fsp3) is 0.250. The minimum atomic E-state index is -3.82. The molecule has 0 aliphatic carbocycles. The van der Waals surface area contributed by atoms with Crippen molar-refractivity contribution in [2.75, 3.05) is 7.11 Å². The third-order valence-corrected chi connectivity index (χ3v) is 4.23. The highest BCUT2D eigenvalue weighted by atomic mass is 32.2. The van der Waals surface area contributed by atoms with Crippen molar-refractivity contribution >= 4 is 27.3 Å². The van der Waals surface area contributed by atoms with Gasteiger partial charge in [0.25, 0.3) is 10.0 Å². The molecule has 0 saturated heterocycles. The summed E-state index contributed by atoms with van der Waals surface area (Å²) >= 11 is 1.19. The number of benzene rings is 1. The van der Waals surface area contributed by atoms with Crippen molar-refractivity contribution in [1.82, 2.24) is 14.4 Å². The highest BCUT2D eigenvalue weighted by Gasteiger charge is 2.20. The van der Waals surface area contributed by atoms with Crippen molar-refractivity contribution in [3.63, 3.8) is 0 Å². The Bertz CT molecular complexity index is 751. The van der Waals surface area contributed by atoms with Gasteiger partial charge < -0.3 is 4.74 Å². The lowest BCUT2D eigenvalue weighted by Gasteiger charge is -2.10. The number of hydrogen-bond donors (Lipinski definition) is 1. The summed E-state index contributed by atoms with van der Waals surface area (Å²) in [6.45, 7) is 3.38. The molecule has 0 spiro atoms. The minimum absolute atomic E-state index is 0.000463. The van der Waals surface area contributed by atoms with Gasteiger partial charge in [-0.2, -0.15) is 13.5 Å². The number of aromatic nitrogens is 2. The molecule has 1 heterocycles. The molecule has 1 aromatic heterocycles. The second kappa shape index (κ2) is 6.19. The van der Waals surface area contributed by atoms with E-state index in [1.54, 1.807) is 31.4 Å². The molecule has 0 amide bonds. The van der Waals surface area contributed by atoms with Crippen LogP contribution in [0.3, 0.4) is 0 Å². The van der Waals surface area contributed by atoms with E-state index in [1.807, 2.05) is 0 Å². The topological polar surface area (TPSA) is 93.5 Å². The fourth-order valence-corrected chi connectivity index (χ4v) is 3.10. The van der Waals surface area contributed by atoms with Crippen LogP contribution in [0.15, 0.2) is 33.6 Å². The maximum Gasteiger partial charge on any atom is 0.280 e. The smallest absolute Gasteiger partial charge is 0.280 e. The number of methoxy groups -OCH3 is 1. The van der Waals surface area contributed by atoms with Crippen molar-refractivity contribution in [1.29, 1.82) is 0 Å². The molecule has 0 atom stereocenters. The Morgan fingerprint density at radius 1 is 1.38 bits per heavy atom. The highest BCUT2D eigenvalue weighted by molar-refractivity contribution is 7.89. The molecule has 0 aliphatic heterocycles. The first-order valence-corrected chi connectivity index (χ1v) is 8.24. The molecule has 0 aliphatic rings. The van der Waals surface area contributed by atoms with E-state index in [0.717, 1.165) is 0 Å². The Labute approximate surface area is 126 Å². The number of sulfonamides is 1. The zero-order valence-corrected chi connectivity index (χ0v) is 13.3. The van der Waals surface area contributed by atoms with Crippen molar-refractivity contribution in [3.05, 3.63) is 23.6 Å². The Morgan fingerprint density at radius 2 is 2.14 bits per heavy atom. The predicted molar refractivity (Wildman–Crippen MR) is 81.0 cm³/mol. The van der Waals surface area contributed by atoms with Crippen LogP contribution in [0.1, 0.15) is 13.8 Å². The summed E-state index contributed by atoms with van der Waals surface area (Å²) < 4.78 is 33.5. The number of hydrazone groups is 1. The van der Waals surface area contributed by atoms with Gasteiger partial charge >= 0.3 is 0 Å². The number of hydrogen-bond acceptors (Lipinski definition) is 7. The Kier molecular flexibility index (Phi) is 4.53. The normalized spacial score (nSPS) is 11.0. The summed E-state index contributed by atoms with van der Waals surface area (Å²) in [5, 5.41) is 9.40. The molecule has 1 N–H and O–H groups in total. The van der Waals surface area contributed by atoms with E-state index in [1.165, 1.54) is 24.7 Å². The first-order valence-electron chi connectivity index (χ1n) is 5.92. The van der Waals surface area contributed by atoms with Gasteiger partial charge in [-0.05, 0) is 43.6 Å². The van der Waals surface area contributed by atoms with Crippen molar-refractivity contribution in [3.8, 4) is 17.0 Å². The van der Waals surface area contributed by atoms with E-state index in [0.29, 0.717) is 17.0 Å². The molecular weight excluding hydrogens is 312 g/mol. The van der Waals surface area contributed by atoms with Crippen LogP contribution in [-0.4, -0.2) is 30.8 Å². The third kappa shape index (κ3) is 3.56. The number of nitrogens with zero attached hydrogens (tertiary/aromatic N) is 3. The average Bonchev–Trinajstić information content (AvgIpc) is 2.99. The summed E-state index contributed by atoms with van der Waals surface area (Å²) in [6, 6.07) is 4.78. The maximum absolute atomic E-state index is 12.3. The highest BCUT2D eigenvalue weighted by Crippen LogP contribution is 2.29. The zero-order valence-electron chi connectivity index (χ0n) is 11.7. The second-order valence-electron chi connectivity index (χ2n) is 4.31. The second-order valence-corrected chi connectivity index (χ2v) is 6.55. The van der Waals surface area contributed by atoms with Gasteiger partial charge in [-0.15, -0.1) is 5.10 Å². The van der Waals surface area contributed by atoms with Gasteiger partial charge in [0.1, 0.15) is 16.3 Å². The predicted octanol–water partition coefficient (Wildman–Crippen LogP) is 1.89. The lowest BCUT2D eigenvalue weighted by molar-refractivity contribution is 0.402. The minimum Gasteiger partial charge on any atom is -0.495 e. The Hall–Kier alpha value is -2.00. The van der Waals surface area contributed by atoms with Crippen LogP contribution in [-0.2, 0) is 10.0 Å². The van der Waals surface area contributed by atoms with Gasteiger partial charge in [-0.1, -0.05) is 4.49 Å². The van der Waals surface area contributed by atoms with E-state index in [9.17, 15) is 8.42 Å². The first kappa shape index (κ1) is 15.4. The largest absolute Gasteiger partial charge is 0.495 e. The molecule has 112 valence electrons. The summed E-state index contributed by atoms with van der Waals surface area (Å²) in [7, 11) is -2.41. The molecule has 2 aromatic rings. The molecule has 0 fully saturated rings. The summed E-state index contributed by atoms with van der Waals surface area (Å²) in [5.74, 6) is 0.235. The summed E-state index contributed by atoms with van der Waals surface area (Å²) in [5.41, 5.74) is 1.84. The monoisotopic (exact) mass is 326 g/mol. The van der Waals surface area contributed by atoms with Crippen LogP contribution in [0.5, 0.6) is 5.75 Å². The lowest BCUT2D eigenvalue weighted by Crippen LogP contribution is -2.20. The fourth-order valence-electron chi connectivity index (χ4n) is 1.54. The molecule has 0 unspecified atom stereocenters. The SMILES string of the molecule is COc1ccc(-c2csnn2)cc1S(=O)(=O)NN=C(C)C. The molecule has 21 heavy (non-hydrogen) atoms. The molecule has 9 heteroatoms. The van der Waals surface area contributed by atoms with E-state index in [-0.39, 0.29) is 10.6 Å². The van der Waals surface area contributed by atoms with Crippen LogP contribution in [0.2, 0.25) is 0 Å². The number of ether oxygens (including phenoxy) is 1. The molecule has 0 saturated carbocycles. The van der Waals surface area contributed by atoms with Gasteiger partial charge in [0.15, 0.2) is 0 Å². The van der Waals surface area contributed by atoms with Crippen molar-refractivity contribution < 1.29 is 13.2 Å². The molecule has 7 nitrogen and oxygen atoms in total. The van der Waals surface area contributed by atoms with Crippen molar-refractivity contribution in [2.24, 2.45) is 5.10 Å². The first-order chi connectivity index (χ1) is 9.94. The molecule has 1 aromatic carbocycles. The van der Waals surface area contributed by atoms with Gasteiger partial charge in [0.2, 0.25) is 0 Å². The molecule has 0 radical (unpaired) electrons.